The first kappa shape index (κ1) is 24.4. The second-order valence-corrected chi connectivity index (χ2v) is 8.79. The van der Waals surface area contributed by atoms with Crippen molar-refractivity contribution in [2.75, 3.05) is 18.5 Å². The number of halogens is 1. The zero-order chi connectivity index (χ0) is 24.6. The molecule has 0 aromatic heterocycles. The standard InChI is InChI=1S/C26H22ClN3O4S/c1-2-33-21-13-9-19(10-14-21)28-24(31)16-34-22-11-3-17(4-12-22)15-23-25(32)30-26(35-23)29-20-7-5-18(27)6-8-20/h3-15H,2,16H2,1H3,(H,28,31)(H,29,30,32)/b23-15-. The van der Waals surface area contributed by atoms with Crippen molar-refractivity contribution < 1.29 is 19.1 Å². The highest BCUT2D eigenvalue weighted by Crippen LogP contribution is 2.29. The van der Waals surface area contributed by atoms with Crippen LogP contribution in [-0.4, -0.2) is 30.2 Å². The van der Waals surface area contributed by atoms with Crippen molar-refractivity contribution in [2.45, 2.75) is 6.92 Å². The summed E-state index contributed by atoms with van der Waals surface area (Å²) in [6.07, 6.45) is 1.77. The number of benzene rings is 3. The van der Waals surface area contributed by atoms with Crippen LogP contribution in [-0.2, 0) is 9.59 Å². The van der Waals surface area contributed by atoms with Crippen LogP contribution >= 0.6 is 23.4 Å². The topological polar surface area (TPSA) is 89.0 Å². The summed E-state index contributed by atoms with van der Waals surface area (Å²) >= 11 is 7.15. The maximum absolute atomic E-state index is 12.3. The molecule has 3 aromatic rings. The molecule has 2 amide bonds. The molecule has 1 saturated heterocycles. The Morgan fingerprint density at radius 1 is 1.00 bits per heavy atom. The number of thioether (sulfide) groups is 1. The Kier molecular flexibility index (Phi) is 8.07. The number of hydrogen-bond acceptors (Lipinski definition) is 6. The van der Waals surface area contributed by atoms with Crippen molar-refractivity contribution in [3.63, 3.8) is 0 Å². The average Bonchev–Trinajstić information content (AvgIpc) is 3.20. The van der Waals surface area contributed by atoms with E-state index in [2.05, 4.69) is 15.6 Å². The highest BCUT2D eigenvalue weighted by molar-refractivity contribution is 8.18. The summed E-state index contributed by atoms with van der Waals surface area (Å²) in [7, 11) is 0. The number of ether oxygens (including phenoxy) is 2. The van der Waals surface area contributed by atoms with Crippen LogP contribution in [0.4, 0.5) is 11.4 Å². The van der Waals surface area contributed by atoms with Crippen LogP contribution in [0.15, 0.2) is 82.7 Å². The van der Waals surface area contributed by atoms with Crippen LogP contribution < -0.4 is 20.1 Å². The molecule has 0 radical (unpaired) electrons. The Hall–Kier alpha value is -3.75. The molecule has 0 atom stereocenters. The molecule has 0 spiro atoms. The second-order valence-electron chi connectivity index (χ2n) is 7.32. The number of rotatable bonds is 8. The van der Waals surface area contributed by atoms with E-state index in [1.165, 1.54) is 11.8 Å². The molecule has 3 aromatic carbocycles. The Balaban J connectivity index is 1.30. The number of amides is 2. The predicted molar refractivity (Wildman–Crippen MR) is 140 cm³/mol. The van der Waals surface area contributed by atoms with Gasteiger partial charge in [0.05, 0.1) is 17.2 Å². The van der Waals surface area contributed by atoms with Gasteiger partial charge in [0, 0.05) is 10.7 Å². The van der Waals surface area contributed by atoms with Gasteiger partial charge in [0.2, 0.25) is 0 Å². The molecule has 1 heterocycles. The zero-order valence-corrected chi connectivity index (χ0v) is 20.4. The van der Waals surface area contributed by atoms with Crippen molar-refractivity contribution in [1.82, 2.24) is 5.32 Å². The van der Waals surface area contributed by atoms with E-state index in [4.69, 9.17) is 21.1 Å². The monoisotopic (exact) mass is 507 g/mol. The first-order valence-electron chi connectivity index (χ1n) is 10.8. The smallest absolute Gasteiger partial charge is 0.264 e. The third-order valence-corrected chi connectivity index (χ3v) is 5.87. The van der Waals surface area contributed by atoms with Gasteiger partial charge in [-0.15, -0.1) is 0 Å². The number of anilines is 1. The number of aliphatic imine (C=N–C) groups is 1. The number of hydrogen-bond donors (Lipinski definition) is 2. The molecule has 4 rings (SSSR count). The Morgan fingerprint density at radius 3 is 2.34 bits per heavy atom. The zero-order valence-electron chi connectivity index (χ0n) is 18.8. The molecule has 1 aliphatic heterocycles. The summed E-state index contributed by atoms with van der Waals surface area (Å²) in [5.74, 6) is 0.804. The fourth-order valence-electron chi connectivity index (χ4n) is 3.07. The maximum atomic E-state index is 12.3. The third kappa shape index (κ3) is 7.11. The molecular weight excluding hydrogens is 486 g/mol. The van der Waals surface area contributed by atoms with Crippen LogP contribution in [0, 0.1) is 0 Å². The maximum Gasteiger partial charge on any atom is 0.264 e. The van der Waals surface area contributed by atoms with Crippen LogP contribution in [0.3, 0.4) is 0 Å². The first-order chi connectivity index (χ1) is 17.0. The minimum Gasteiger partial charge on any atom is -0.494 e. The Morgan fingerprint density at radius 2 is 1.66 bits per heavy atom. The lowest BCUT2D eigenvalue weighted by atomic mass is 10.2. The summed E-state index contributed by atoms with van der Waals surface area (Å²) in [6, 6.07) is 21.3. The van der Waals surface area contributed by atoms with Gasteiger partial charge in [0.1, 0.15) is 11.5 Å². The van der Waals surface area contributed by atoms with Crippen LogP contribution in [0.2, 0.25) is 5.02 Å². The number of carbonyl (C=O) groups excluding carboxylic acids is 2. The largest absolute Gasteiger partial charge is 0.494 e. The molecule has 0 saturated carbocycles. The van der Waals surface area contributed by atoms with Gasteiger partial charge in [0.15, 0.2) is 11.8 Å². The van der Waals surface area contributed by atoms with Gasteiger partial charge >= 0.3 is 0 Å². The lowest BCUT2D eigenvalue weighted by Crippen LogP contribution is -2.20. The average molecular weight is 508 g/mol. The number of nitrogens with zero attached hydrogens (tertiary/aromatic N) is 1. The van der Waals surface area contributed by atoms with Crippen LogP contribution in [0.5, 0.6) is 11.5 Å². The van der Waals surface area contributed by atoms with Crippen LogP contribution in [0.25, 0.3) is 6.08 Å². The normalized spacial score (nSPS) is 15.2. The second kappa shape index (κ2) is 11.6. The van der Waals surface area contributed by atoms with E-state index in [9.17, 15) is 9.59 Å². The molecule has 9 heteroatoms. The summed E-state index contributed by atoms with van der Waals surface area (Å²) in [4.78, 5) is 29.4. The number of carbonyl (C=O) groups is 2. The van der Waals surface area contributed by atoms with Gasteiger partial charge < -0.3 is 20.1 Å². The molecule has 1 fully saturated rings. The van der Waals surface area contributed by atoms with Crippen molar-refractivity contribution in [1.29, 1.82) is 0 Å². The van der Waals surface area contributed by atoms with E-state index >= 15 is 0 Å². The number of amidine groups is 1. The Bertz CT molecular complexity index is 1260. The van der Waals surface area contributed by atoms with Crippen LogP contribution in [0.1, 0.15) is 12.5 Å². The minimum absolute atomic E-state index is 0.129. The first-order valence-corrected chi connectivity index (χ1v) is 12.0. The van der Waals surface area contributed by atoms with Gasteiger partial charge in [-0.2, -0.15) is 0 Å². The van der Waals surface area contributed by atoms with Crippen molar-refractivity contribution in [3.8, 4) is 11.5 Å². The van der Waals surface area contributed by atoms with Crippen molar-refractivity contribution >= 4 is 57.8 Å². The van der Waals surface area contributed by atoms with E-state index in [0.29, 0.717) is 38.8 Å². The molecule has 2 N–H and O–H groups in total. The summed E-state index contributed by atoms with van der Waals surface area (Å²) < 4.78 is 11.0. The molecule has 1 aliphatic rings. The van der Waals surface area contributed by atoms with Gasteiger partial charge in [-0.3, -0.25) is 9.59 Å². The van der Waals surface area contributed by atoms with E-state index in [0.717, 1.165) is 11.3 Å². The van der Waals surface area contributed by atoms with E-state index in [1.54, 1.807) is 66.7 Å². The van der Waals surface area contributed by atoms with Gasteiger partial charge in [0.25, 0.3) is 11.8 Å². The molecule has 35 heavy (non-hydrogen) atoms. The fraction of sp³-hybridized carbons (Fsp3) is 0.115. The molecule has 0 bridgehead atoms. The fourth-order valence-corrected chi connectivity index (χ4v) is 4.04. The molecular formula is C26H22ClN3O4S. The SMILES string of the molecule is CCOc1ccc(NC(=O)COc2ccc(/C=C3\SC(=Nc4ccc(Cl)cc4)NC3=O)cc2)cc1. The van der Waals surface area contributed by atoms with E-state index in [-0.39, 0.29) is 18.4 Å². The quantitative estimate of drug-likeness (QED) is 0.385. The van der Waals surface area contributed by atoms with Crippen molar-refractivity contribution in [3.05, 3.63) is 88.3 Å². The predicted octanol–water partition coefficient (Wildman–Crippen LogP) is 5.65. The van der Waals surface area contributed by atoms with Gasteiger partial charge in [-0.25, -0.2) is 4.99 Å². The molecule has 178 valence electrons. The third-order valence-electron chi connectivity index (χ3n) is 4.71. The molecule has 7 nitrogen and oxygen atoms in total. The highest BCUT2D eigenvalue weighted by atomic mass is 35.5. The lowest BCUT2D eigenvalue weighted by molar-refractivity contribution is -0.118. The molecule has 0 aliphatic carbocycles. The summed E-state index contributed by atoms with van der Waals surface area (Å²) in [5, 5.41) is 6.66. The highest BCUT2D eigenvalue weighted by Gasteiger charge is 2.23. The number of nitrogens with one attached hydrogen (secondary N) is 2. The van der Waals surface area contributed by atoms with Gasteiger partial charge in [-0.05, 0) is 91.0 Å². The Labute approximate surface area is 212 Å². The summed E-state index contributed by atoms with van der Waals surface area (Å²) in [5.41, 5.74) is 2.18. The van der Waals surface area contributed by atoms with Crippen molar-refractivity contribution in [2.24, 2.45) is 4.99 Å². The summed E-state index contributed by atoms with van der Waals surface area (Å²) in [6.45, 7) is 2.37. The van der Waals surface area contributed by atoms with E-state index in [1.807, 2.05) is 19.1 Å². The minimum atomic E-state index is -0.271. The van der Waals surface area contributed by atoms with Gasteiger partial charge in [-0.1, -0.05) is 23.7 Å². The van der Waals surface area contributed by atoms with E-state index < -0.39 is 0 Å². The lowest BCUT2D eigenvalue weighted by Gasteiger charge is -2.09. The molecule has 0 unspecified atom stereocenters.